The van der Waals surface area contributed by atoms with E-state index in [9.17, 15) is 18.0 Å². The van der Waals surface area contributed by atoms with Gasteiger partial charge in [0.15, 0.2) is 0 Å². The average Bonchev–Trinajstić information content (AvgIpc) is 2.25. The first-order valence-electron chi connectivity index (χ1n) is 4.62. The molecule has 0 fully saturated rings. The molecule has 1 rings (SSSR count). The van der Waals surface area contributed by atoms with Crippen LogP contribution >= 0.6 is 34.8 Å². The second kappa shape index (κ2) is 6.02. The van der Waals surface area contributed by atoms with E-state index in [0.29, 0.717) is 6.07 Å². The molecule has 1 aromatic heterocycles. The summed E-state index contributed by atoms with van der Waals surface area (Å²) >= 11 is 16.0. The molecule has 0 aromatic carbocycles. The number of hydrogen-bond donors (Lipinski definition) is 1. The minimum Gasteiger partial charge on any atom is -0.445 e. The number of hydrogen-bond acceptors (Lipinski definition) is 3. The number of carbonyl (C=O) groups excluding carboxylic acids is 1. The Balaban J connectivity index is 2.56. The van der Waals surface area contributed by atoms with E-state index < -0.39 is 28.4 Å². The van der Waals surface area contributed by atoms with Crippen molar-refractivity contribution in [2.45, 2.75) is 9.97 Å². The van der Waals surface area contributed by atoms with Gasteiger partial charge in [0, 0.05) is 0 Å². The maximum absolute atomic E-state index is 12.2. The molecule has 19 heavy (non-hydrogen) atoms. The van der Waals surface area contributed by atoms with Gasteiger partial charge in [-0.05, 0) is 12.1 Å². The van der Waals surface area contributed by atoms with E-state index >= 15 is 0 Å². The number of alkyl halides is 6. The molecular formula is C9H6Cl3F3N2O2. The van der Waals surface area contributed by atoms with Gasteiger partial charge < -0.3 is 4.74 Å². The highest BCUT2D eigenvalue weighted by atomic mass is 35.6. The standard InChI is InChI=1S/C9H6Cl3F3N2O2/c10-8(11,12)4-19-7(18)17-5-1-2-6(16-3-5)9(13,14)15/h1-3H,4H2,(H,17,18). The molecule has 1 heterocycles. The van der Waals surface area contributed by atoms with Crippen LogP contribution in [0.3, 0.4) is 0 Å². The normalized spacial score (nSPS) is 12.1. The highest BCUT2D eigenvalue weighted by Gasteiger charge is 2.32. The van der Waals surface area contributed by atoms with Gasteiger partial charge in [-0.3, -0.25) is 5.32 Å². The van der Waals surface area contributed by atoms with Crippen LogP contribution in [0.2, 0.25) is 0 Å². The van der Waals surface area contributed by atoms with Crippen molar-refractivity contribution >= 4 is 46.6 Å². The summed E-state index contributed by atoms with van der Waals surface area (Å²) in [6.45, 7) is -0.502. The number of nitrogens with one attached hydrogen (secondary N) is 1. The van der Waals surface area contributed by atoms with Crippen molar-refractivity contribution in [1.82, 2.24) is 4.98 Å². The molecule has 0 aliphatic carbocycles. The Labute approximate surface area is 120 Å². The summed E-state index contributed by atoms with van der Waals surface area (Å²) < 4.78 is 39.4. The minimum atomic E-state index is -4.55. The van der Waals surface area contributed by atoms with Gasteiger partial charge in [0.2, 0.25) is 3.79 Å². The SMILES string of the molecule is O=C(Nc1ccc(C(F)(F)F)nc1)OCC(Cl)(Cl)Cl. The number of carbonyl (C=O) groups is 1. The van der Waals surface area contributed by atoms with E-state index in [0.717, 1.165) is 12.3 Å². The molecule has 106 valence electrons. The zero-order valence-corrected chi connectivity index (χ0v) is 11.2. The fraction of sp³-hybridized carbons (Fsp3) is 0.333. The van der Waals surface area contributed by atoms with Gasteiger partial charge in [-0.1, -0.05) is 34.8 Å². The van der Waals surface area contributed by atoms with Crippen LogP contribution in [0, 0.1) is 0 Å². The molecule has 0 atom stereocenters. The number of aromatic nitrogens is 1. The predicted octanol–water partition coefficient (Wildman–Crippen LogP) is 4.02. The van der Waals surface area contributed by atoms with Crippen molar-refractivity contribution in [1.29, 1.82) is 0 Å². The van der Waals surface area contributed by atoms with Crippen LogP contribution in [-0.2, 0) is 10.9 Å². The first-order valence-corrected chi connectivity index (χ1v) is 5.75. The summed E-state index contributed by atoms with van der Waals surface area (Å²) in [5.41, 5.74) is -1.06. The first kappa shape index (κ1) is 16.1. The fourth-order valence-corrected chi connectivity index (χ4v) is 1.10. The van der Waals surface area contributed by atoms with Crippen LogP contribution in [0.1, 0.15) is 5.69 Å². The summed E-state index contributed by atoms with van der Waals surface area (Å²) in [6, 6.07) is 1.73. The lowest BCUT2D eigenvalue weighted by atomic mass is 10.3. The Kier molecular flexibility index (Phi) is 5.11. The van der Waals surface area contributed by atoms with E-state index in [4.69, 9.17) is 34.8 Å². The van der Waals surface area contributed by atoms with Gasteiger partial charge in [0.1, 0.15) is 12.3 Å². The van der Waals surface area contributed by atoms with Gasteiger partial charge in [-0.2, -0.15) is 13.2 Å². The lowest BCUT2D eigenvalue weighted by Crippen LogP contribution is -2.21. The number of rotatable bonds is 2. The molecule has 0 radical (unpaired) electrons. The van der Waals surface area contributed by atoms with Crippen LogP contribution < -0.4 is 5.32 Å². The number of nitrogens with zero attached hydrogens (tertiary/aromatic N) is 1. The predicted molar refractivity (Wildman–Crippen MR) is 64.5 cm³/mol. The Morgan fingerprint density at radius 1 is 1.32 bits per heavy atom. The third-order valence-corrected chi connectivity index (χ3v) is 1.99. The molecule has 4 nitrogen and oxygen atoms in total. The Morgan fingerprint density at radius 3 is 2.37 bits per heavy atom. The van der Waals surface area contributed by atoms with Gasteiger partial charge >= 0.3 is 12.3 Å². The number of halogens is 6. The monoisotopic (exact) mass is 336 g/mol. The Bertz CT molecular complexity index is 446. The van der Waals surface area contributed by atoms with Crippen LogP contribution in [0.25, 0.3) is 0 Å². The highest BCUT2D eigenvalue weighted by molar-refractivity contribution is 6.67. The van der Waals surface area contributed by atoms with Gasteiger partial charge in [0.05, 0.1) is 11.9 Å². The van der Waals surface area contributed by atoms with Crippen molar-refractivity contribution in [2.24, 2.45) is 0 Å². The molecule has 1 N–H and O–H groups in total. The maximum Gasteiger partial charge on any atom is 0.433 e. The van der Waals surface area contributed by atoms with Crippen LogP contribution in [0.4, 0.5) is 23.7 Å². The quantitative estimate of drug-likeness (QED) is 0.829. The third kappa shape index (κ3) is 6.17. The van der Waals surface area contributed by atoms with Gasteiger partial charge in [0.25, 0.3) is 0 Å². The molecule has 0 aliphatic heterocycles. The molecule has 0 saturated carbocycles. The lowest BCUT2D eigenvalue weighted by Gasteiger charge is -2.12. The molecule has 0 unspecified atom stereocenters. The molecule has 1 amide bonds. The van der Waals surface area contributed by atoms with Crippen molar-refractivity contribution in [3.8, 4) is 0 Å². The Morgan fingerprint density at radius 2 is 1.95 bits per heavy atom. The lowest BCUT2D eigenvalue weighted by molar-refractivity contribution is -0.141. The van der Waals surface area contributed by atoms with Crippen LogP contribution in [-0.4, -0.2) is 21.5 Å². The van der Waals surface area contributed by atoms with Crippen molar-refractivity contribution in [2.75, 3.05) is 11.9 Å². The largest absolute Gasteiger partial charge is 0.445 e. The minimum absolute atomic E-state index is 0.0160. The second-order valence-electron chi connectivity index (χ2n) is 3.25. The zero-order valence-electron chi connectivity index (χ0n) is 8.97. The molecule has 0 bridgehead atoms. The second-order valence-corrected chi connectivity index (χ2v) is 5.76. The smallest absolute Gasteiger partial charge is 0.433 e. The summed E-state index contributed by atoms with van der Waals surface area (Å²) in [4.78, 5) is 14.3. The average molecular weight is 338 g/mol. The molecule has 0 spiro atoms. The summed E-state index contributed by atoms with van der Waals surface area (Å²) in [5.74, 6) is 0. The van der Waals surface area contributed by atoms with Crippen molar-refractivity contribution < 1.29 is 22.7 Å². The van der Waals surface area contributed by atoms with E-state index in [1.54, 1.807) is 0 Å². The summed E-state index contributed by atoms with van der Waals surface area (Å²) in [5, 5.41) is 2.13. The van der Waals surface area contributed by atoms with E-state index in [-0.39, 0.29) is 5.69 Å². The molecule has 1 aromatic rings. The number of amides is 1. The molecule has 0 saturated heterocycles. The van der Waals surface area contributed by atoms with Crippen LogP contribution in [0.5, 0.6) is 0 Å². The molecular weight excluding hydrogens is 331 g/mol. The summed E-state index contributed by atoms with van der Waals surface area (Å²) in [7, 11) is 0. The molecule has 0 aliphatic rings. The molecule has 10 heteroatoms. The zero-order chi connectivity index (χ0) is 14.7. The van der Waals surface area contributed by atoms with E-state index in [1.807, 2.05) is 0 Å². The van der Waals surface area contributed by atoms with Crippen LogP contribution in [0.15, 0.2) is 18.3 Å². The fourth-order valence-electron chi connectivity index (χ4n) is 0.937. The van der Waals surface area contributed by atoms with Gasteiger partial charge in [-0.25, -0.2) is 9.78 Å². The van der Waals surface area contributed by atoms with Crippen molar-refractivity contribution in [3.05, 3.63) is 24.0 Å². The third-order valence-electron chi connectivity index (χ3n) is 1.67. The number of ether oxygens (including phenoxy) is 1. The highest BCUT2D eigenvalue weighted by Crippen LogP contribution is 2.28. The van der Waals surface area contributed by atoms with E-state index in [1.165, 1.54) is 0 Å². The van der Waals surface area contributed by atoms with Crippen molar-refractivity contribution in [3.63, 3.8) is 0 Å². The Hall–Kier alpha value is -0.920. The number of pyridine rings is 1. The summed E-state index contributed by atoms with van der Waals surface area (Å²) in [6.07, 6.45) is -4.69. The maximum atomic E-state index is 12.2. The van der Waals surface area contributed by atoms with E-state index in [2.05, 4.69) is 15.0 Å². The first-order chi connectivity index (χ1) is 8.58. The topological polar surface area (TPSA) is 51.2 Å². The van der Waals surface area contributed by atoms with Gasteiger partial charge in [-0.15, -0.1) is 0 Å². The number of anilines is 1.